The molecule has 27 heavy (non-hydrogen) atoms. The molecule has 0 N–H and O–H groups in total. The first-order chi connectivity index (χ1) is 12.6. The van der Waals surface area contributed by atoms with Crippen LogP contribution in [0.3, 0.4) is 0 Å². The van der Waals surface area contributed by atoms with Gasteiger partial charge in [0.05, 0.1) is 5.54 Å². The van der Waals surface area contributed by atoms with Crippen LogP contribution in [0.25, 0.3) is 11.6 Å². The van der Waals surface area contributed by atoms with Crippen LogP contribution in [0.4, 0.5) is 5.69 Å². The first-order valence-corrected chi connectivity index (χ1v) is 9.42. The summed E-state index contributed by atoms with van der Waals surface area (Å²) in [7, 11) is 3.17. The van der Waals surface area contributed by atoms with E-state index < -0.39 is 0 Å². The number of nitrogens with zero attached hydrogens (tertiary/aromatic N) is 3. The van der Waals surface area contributed by atoms with E-state index in [-0.39, 0.29) is 28.0 Å². The fraction of sp³-hybridized carbons (Fsp3) is 0.381. The quantitative estimate of drug-likeness (QED) is 0.446. The molecule has 6 heteroatoms. The number of carbonyl (C=O) groups is 2. The minimum atomic E-state index is -0.371. The lowest BCUT2D eigenvalue weighted by Gasteiger charge is -2.42. The summed E-state index contributed by atoms with van der Waals surface area (Å²) >= 11 is 5.14. The van der Waals surface area contributed by atoms with E-state index in [4.69, 9.17) is 12.2 Å². The molecule has 1 aromatic carbocycles. The van der Waals surface area contributed by atoms with Crippen LogP contribution in [0.5, 0.6) is 0 Å². The summed E-state index contributed by atoms with van der Waals surface area (Å²) in [5, 5.41) is 0.215. The van der Waals surface area contributed by atoms with Gasteiger partial charge < -0.3 is 4.90 Å². The van der Waals surface area contributed by atoms with E-state index in [0.717, 1.165) is 17.7 Å². The number of allylic oxidation sites excluding steroid dienone is 1. The molecule has 0 bridgehead atoms. The van der Waals surface area contributed by atoms with E-state index in [1.54, 1.807) is 20.2 Å². The standard InChI is InChI=1S/C21H25N3O2S/c1-7-24-17-9-8-14(10-15(17)13(2)12-21(24,3)4)11-16-18(25)22(5)20(27)23(6)19(16)26/h8-12H,7H2,1-6H3. The Morgan fingerprint density at radius 2 is 1.70 bits per heavy atom. The number of anilines is 1. The van der Waals surface area contributed by atoms with Gasteiger partial charge in [-0.2, -0.15) is 0 Å². The Morgan fingerprint density at radius 3 is 2.26 bits per heavy atom. The minimum absolute atomic E-state index is 0.0533. The van der Waals surface area contributed by atoms with E-state index in [1.165, 1.54) is 21.1 Å². The molecule has 2 aliphatic heterocycles. The molecule has 2 heterocycles. The van der Waals surface area contributed by atoms with Gasteiger partial charge in [0.1, 0.15) is 5.57 Å². The number of benzene rings is 1. The minimum Gasteiger partial charge on any atom is -0.363 e. The van der Waals surface area contributed by atoms with Crippen molar-refractivity contribution >= 4 is 46.5 Å². The summed E-state index contributed by atoms with van der Waals surface area (Å²) in [6, 6.07) is 6.07. The highest BCUT2D eigenvalue weighted by Gasteiger charge is 2.35. The molecule has 1 fully saturated rings. The molecule has 0 spiro atoms. The summed E-state index contributed by atoms with van der Waals surface area (Å²) in [4.78, 5) is 30.1. The zero-order valence-corrected chi connectivity index (χ0v) is 17.5. The molecule has 1 aromatic rings. The third-order valence-electron chi connectivity index (χ3n) is 5.27. The van der Waals surface area contributed by atoms with Crippen LogP contribution in [0.15, 0.2) is 29.8 Å². The molecule has 0 aromatic heterocycles. The van der Waals surface area contributed by atoms with E-state index in [9.17, 15) is 9.59 Å². The molecule has 1 saturated heterocycles. The molecule has 0 radical (unpaired) electrons. The summed E-state index contributed by atoms with van der Waals surface area (Å²) in [6.07, 6.45) is 3.91. The van der Waals surface area contributed by atoms with Crippen molar-refractivity contribution in [3.05, 3.63) is 41.0 Å². The Bertz CT molecular complexity index is 888. The zero-order chi connectivity index (χ0) is 20.1. The summed E-state index contributed by atoms with van der Waals surface area (Å²) in [5.74, 6) is -0.742. The Morgan fingerprint density at radius 1 is 1.11 bits per heavy atom. The summed E-state index contributed by atoms with van der Waals surface area (Å²) in [6.45, 7) is 9.54. The molecule has 2 amide bonds. The fourth-order valence-corrected chi connectivity index (χ4v) is 4.08. The SMILES string of the molecule is CCN1c2ccc(C=C3C(=O)N(C)C(=S)N(C)C3=O)cc2C(C)=CC1(C)C. The molecule has 2 aliphatic rings. The second kappa shape index (κ2) is 6.60. The lowest BCUT2D eigenvalue weighted by atomic mass is 9.88. The van der Waals surface area contributed by atoms with E-state index in [2.05, 4.69) is 44.7 Å². The molecule has 142 valence electrons. The highest BCUT2D eigenvalue weighted by molar-refractivity contribution is 7.80. The largest absolute Gasteiger partial charge is 0.363 e. The van der Waals surface area contributed by atoms with E-state index in [1.807, 2.05) is 12.1 Å². The smallest absolute Gasteiger partial charge is 0.265 e. The first kappa shape index (κ1) is 19.3. The molecular weight excluding hydrogens is 358 g/mol. The molecule has 0 unspecified atom stereocenters. The number of rotatable bonds is 2. The van der Waals surface area contributed by atoms with Gasteiger partial charge in [-0.1, -0.05) is 12.1 Å². The third-order valence-corrected chi connectivity index (χ3v) is 5.82. The van der Waals surface area contributed by atoms with Gasteiger partial charge in [0.15, 0.2) is 5.11 Å². The van der Waals surface area contributed by atoms with Crippen LogP contribution in [-0.2, 0) is 9.59 Å². The second-order valence-electron chi connectivity index (χ2n) is 7.57. The number of hydrogen-bond acceptors (Lipinski definition) is 4. The maximum Gasteiger partial charge on any atom is 0.265 e. The monoisotopic (exact) mass is 383 g/mol. The van der Waals surface area contributed by atoms with Gasteiger partial charge in [-0.25, -0.2) is 0 Å². The van der Waals surface area contributed by atoms with Crippen molar-refractivity contribution < 1.29 is 9.59 Å². The van der Waals surface area contributed by atoms with Crippen molar-refractivity contribution in [2.75, 3.05) is 25.5 Å². The Kier molecular flexibility index (Phi) is 4.72. The average molecular weight is 384 g/mol. The van der Waals surface area contributed by atoms with Crippen molar-refractivity contribution in [2.24, 2.45) is 0 Å². The van der Waals surface area contributed by atoms with Gasteiger partial charge in [-0.3, -0.25) is 19.4 Å². The van der Waals surface area contributed by atoms with Crippen LogP contribution in [0.2, 0.25) is 0 Å². The van der Waals surface area contributed by atoms with Crippen LogP contribution in [0, 0.1) is 0 Å². The molecule has 0 saturated carbocycles. The number of thiocarbonyl (C=S) groups is 1. The molecular formula is C21H25N3O2S. The number of carbonyl (C=O) groups excluding carboxylic acids is 2. The highest BCUT2D eigenvalue weighted by Crippen LogP contribution is 2.39. The number of amides is 2. The maximum absolute atomic E-state index is 12.5. The highest BCUT2D eigenvalue weighted by atomic mass is 32.1. The topological polar surface area (TPSA) is 43.9 Å². The van der Waals surface area contributed by atoms with E-state index in [0.29, 0.717) is 0 Å². The van der Waals surface area contributed by atoms with Crippen molar-refractivity contribution in [3.8, 4) is 0 Å². The van der Waals surface area contributed by atoms with Crippen LogP contribution in [-0.4, -0.2) is 52.9 Å². The van der Waals surface area contributed by atoms with Crippen molar-refractivity contribution in [2.45, 2.75) is 33.2 Å². The Labute approximate surface area is 165 Å². The predicted octanol–water partition coefficient (Wildman–Crippen LogP) is 3.31. The average Bonchev–Trinajstić information content (AvgIpc) is 2.62. The van der Waals surface area contributed by atoms with Crippen LogP contribution < -0.4 is 4.90 Å². The molecule has 0 aliphatic carbocycles. The Balaban J connectivity index is 2.07. The second-order valence-corrected chi connectivity index (χ2v) is 7.94. The molecule has 5 nitrogen and oxygen atoms in total. The Hall–Kier alpha value is -2.47. The molecule has 0 atom stereocenters. The summed E-state index contributed by atoms with van der Waals surface area (Å²) < 4.78 is 0. The van der Waals surface area contributed by atoms with Crippen molar-refractivity contribution in [1.82, 2.24) is 9.80 Å². The fourth-order valence-electron chi connectivity index (χ4n) is 3.91. The number of hydrogen-bond donors (Lipinski definition) is 0. The normalized spacial score (nSPS) is 19.3. The van der Waals surface area contributed by atoms with Gasteiger partial charge in [0, 0.05) is 31.9 Å². The lowest BCUT2D eigenvalue weighted by Crippen LogP contribution is -2.52. The van der Waals surface area contributed by atoms with E-state index >= 15 is 0 Å². The summed E-state index contributed by atoms with van der Waals surface area (Å²) in [5.41, 5.74) is 4.38. The lowest BCUT2D eigenvalue weighted by molar-refractivity contribution is -0.132. The van der Waals surface area contributed by atoms with Crippen LogP contribution in [0.1, 0.15) is 38.8 Å². The number of likely N-dealkylation sites (N-methyl/N-ethyl adjacent to an activating group) is 3. The first-order valence-electron chi connectivity index (χ1n) is 9.01. The number of fused-ring (bicyclic) bond motifs is 1. The zero-order valence-electron chi connectivity index (χ0n) is 16.7. The van der Waals surface area contributed by atoms with Gasteiger partial charge in [-0.15, -0.1) is 0 Å². The van der Waals surface area contributed by atoms with Gasteiger partial charge in [0.25, 0.3) is 11.8 Å². The van der Waals surface area contributed by atoms with Gasteiger partial charge >= 0.3 is 0 Å². The van der Waals surface area contributed by atoms with Crippen molar-refractivity contribution in [3.63, 3.8) is 0 Å². The third kappa shape index (κ3) is 3.08. The van der Waals surface area contributed by atoms with Crippen LogP contribution >= 0.6 is 12.2 Å². The maximum atomic E-state index is 12.5. The molecule has 3 rings (SSSR count). The van der Waals surface area contributed by atoms with Gasteiger partial charge in [-0.05, 0) is 69.3 Å². The predicted molar refractivity (Wildman–Crippen MR) is 113 cm³/mol. The van der Waals surface area contributed by atoms with Crippen molar-refractivity contribution in [1.29, 1.82) is 0 Å². The van der Waals surface area contributed by atoms with Gasteiger partial charge in [0.2, 0.25) is 0 Å².